The molecular weight excluding hydrogens is 158 g/mol. The van der Waals surface area contributed by atoms with Gasteiger partial charge in [-0.1, -0.05) is 43.3 Å². The highest BCUT2D eigenvalue weighted by atomic mass is 14.8. The van der Waals surface area contributed by atoms with Gasteiger partial charge in [0.15, 0.2) is 0 Å². The number of hydrogen-bond acceptors (Lipinski definition) is 1. The second-order valence-corrected chi connectivity index (χ2v) is 3.09. The van der Waals surface area contributed by atoms with Crippen molar-refractivity contribution in [2.45, 2.75) is 19.9 Å². The van der Waals surface area contributed by atoms with Crippen LogP contribution in [0.2, 0.25) is 0 Å². The quantitative estimate of drug-likeness (QED) is 0.742. The fourth-order valence-electron chi connectivity index (χ4n) is 1.26. The minimum absolute atomic E-state index is 0.938. The van der Waals surface area contributed by atoms with Gasteiger partial charge in [-0.2, -0.15) is 0 Å². The van der Waals surface area contributed by atoms with E-state index in [1.54, 1.807) is 0 Å². The van der Waals surface area contributed by atoms with Crippen molar-refractivity contribution in [3.8, 4) is 0 Å². The first-order chi connectivity index (χ1) is 6.36. The lowest BCUT2D eigenvalue weighted by molar-refractivity contribution is 0.818. The van der Waals surface area contributed by atoms with Crippen molar-refractivity contribution < 1.29 is 0 Å². The Labute approximate surface area is 80.5 Å². The smallest absolute Gasteiger partial charge is 0.0202 e. The molecule has 0 amide bonds. The average Bonchev–Trinajstić information content (AvgIpc) is 2.16. The molecule has 0 fully saturated rings. The van der Waals surface area contributed by atoms with Crippen LogP contribution in [0.25, 0.3) is 6.08 Å². The average molecular weight is 175 g/mol. The van der Waals surface area contributed by atoms with E-state index in [0.29, 0.717) is 0 Å². The van der Waals surface area contributed by atoms with Gasteiger partial charge in [-0.05, 0) is 24.6 Å². The van der Waals surface area contributed by atoms with Crippen molar-refractivity contribution in [2.24, 2.45) is 0 Å². The molecule has 1 nitrogen and oxygen atoms in total. The molecule has 0 bridgehead atoms. The van der Waals surface area contributed by atoms with Gasteiger partial charge in [0.2, 0.25) is 0 Å². The topological polar surface area (TPSA) is 12.0 Å². The van der Waals surface area contributed by atoms with Gasteiger partial charge in [0.1, 0.15) is 0 Å². The summed E-state index contributed by atoms with van der Waals surface area (Å²) >= 11 is 0. The SMILES string of the molecule is CC/C=C/c1cccc(CNC)c1. The predicted molar refractivity (Wildman–Crippen MR) is 58.5 cm³/mol. The molecule has 1 heteroatoms. The summed E-state index contributed by atoms with van der Waals surface area (Å²) in [6.45, 7) is 3.09. The zero-order valence-electron chi connectivity index (χ0n) is 8.38. The second kappa shape index (κ2) is 5.55. The summed E-state index contributed by atoms with van der Waals surface area (Å²) in [4.78, 5) is 0. The third kappa shape index (κ3) is 3.43. The Kier molecular flexibility index (Phi) is 4.27. The largest absolute Gasteiger partial charge is 0.316 e. The van der Waals surface area contributed by atoms with Gasteiger partial charge < -0.3 is 5.32 Å². The van der Waals surface area contributed by atoms with E-state index in [4.69, 9.17) is 0 Å². The second-order valence-electron chi connectivity index (χ2n) is 3.09. The Morgan fingerprint density at radius 1 is 1.38 bits per heavy atom. The van der Waals surface area contributed by atoms with Crippen molar-refractivity contribution in [3.05, 3.63) is 41.5 Å². The molecule has 0 saturated carbocycles. The lowest BCUT2D eigenvalue weighted by Crippen LogP contribution is -2.04. The summed E-state index contributed by atoms with van der Waals surface area (Å²) in [5, 5.41) is 3.14. The van der Waals surface area contributed by atoms with Crippen LogP contribution in [0.4, 0.5) is 0 Å². The Bertz CT molecular complexity index is 276. The highest BCUT2D eigenvalue weighted by Gasteiger charge is 1.90. The molecule has 0 spiro atoms. The summed E-state index contributed by atoms with van der Waals surface area (Å²) in [5.41, 5.74) is 2.62. The van der Waals surface area contributed by atoms with Gasteiger partial charge in [-0.25, -0.2) is 0 Å². The standard InChI is InChI=1S/C12H17N/c1-3-4-6-11-7-5-8-12(9-11)10-13-2/h4-9,13H,3,10H2,1-2H3/b6-4+. The van der Waals surface area contributed by atoms with Crippen LogP contribution in [-0.2, 0) is 6.54 Å². The fraction of sp³-hybridized carbons (Fsp3) is 0.333. The van der Waals surface area contributed by atoms with E-state index in [-0.39, 0.29) is 0 Å². The van der Waals surface area contributed by atoms with Crippen LogP contribution in [0.15, 0.2) is 30.3 Å². The number of hydrogen-bond donors (Lipinski definition) is 1. The van der Waals surface area contributed by atoms with Gasteiger partial charge >= 0.3 is 0 Å². The summed E-state index contributed by atoms with van der Waals surface area (Å²) in [6.07, 6.45) is 5.44. The number of allylic oxidation sites excluding steroid dienone is 1. The summed E-state index contributed by atoms with van der Waals surface area (Å²) in [6, 6.07) is 8.58. The normalized spacial score (nSPS) is 10.9. The van der Waals surface area contributed by atoms with Crippen molar-refractivity contribution >= 4 is 6.08 Å². The van der Waals surface area contributed by atoms with Crippen molar-refractivity contribution in [2.75, 3.05) is 7.05 Å². The molecule has 0 saturated heterocycles. The number of nitrogens with one attached hydrogen (secondary N) is 1. The van der Waals surface area contributed by atoms with E-state index in [2.05, 4.69) is 48.7 Å². The lowest BCUT2D eigenvalue weighted by atomic mass is 10.1. The molecule has 0 aliphatic heterocycles. The summed E-state index contributed by atoms with van der Waals surface area (Å²) in [7, 11) is 1.97. The van der Waals surface area contributed by atoms with Gasteiger partial charge in [-0.3, -0.25) is 0 Å². The van der Waals surface area contributed by atoms with E-state index in [1.165, 1.54) is 11.1 Å². The monoisotopic (exact) mass is 175 g/mol. The molecule has 70 valence electrons. The summed E-state index contributed by atoms with van der Waals surface area (Å²) < 4.78 is 0. The number of rotatable bonds is 4. The van der Waals surface area contributed by atoms with Crippen LogP contribution in [0.3, 0.4) is 0 Å². The van der Waals surface area contributed by atoms with Crippen LogP contribution < -0.4 is 5.32 Å². The van der Waals surface area contributed by atoms with Crippen LogP contribution >= 0.6 is 0 Å². The zero-order valence-corrected chi connectivity index (χ0v) is 8.38. The maximum Gasteiger partial charge on any atom is 0.0202 e. The Morgan fingerprint density at radius 3 is 2.92 bits per heavy atom. The molecule has 0 atom stereocenters. The van der Waals surface area contributed by atoms with E-state index in [9.17, 15) is 0 Å². The van der Waals surface area contributed by atoms with E-state index in [1.807, 2.05) is 7.05 Å². The van der Waals surface area contributed by atoms with Gasteiger partial charge in [0, 0.05) is 6.54 Å². The molecule has 0 aliphatic carbocycles. The molecule has 1 aromatic rings. The van der Waals surface area contributed by atoms with Crippen molar-refractivity contribution in [1.29, 1.82) is 0 Å². The molecule has 1 N–H and O–H groups in total. The Morgan fingerprint density at radius 2 is 2.23 bits per heavy atom. The lowest BCUT2D eigenvalue weighted by Gasteiger charge is -2.00. The zero-order chi connectivity index (χ0) is 9.52. The van der Waals surface area contributed by atoms with Crippen LogP contribution in [-0.4, -0.2) is 7.05 Å². The predicted octanol–water partition coefficient (Wildman–Crippen LogP) is 2.83. The minimum Gasteiger partial charge on any atom is -0.316 e. The first kappa shape index (κ1) is 10.0. The molecular formula is C12H17N. The van der Waals surface area contributed by atoms with Gasteiger partial charge in [0.25, 0.3) is 0 Å². The molecule has 0 aromatic heterocycles. The molecule has 0 heterocycles. The number of benzene rings is 1. The molecule has 13 heavy (non-hydrogen) atoms. The van der Waals surface area contributed by atoms with Gasteiger partial charge in [-0.15, -0.1) is 0 Å². The van der Waals surface area contributed by atoms with E-state index in [0.717, 1.165) is 13.0 Å². The Balaban J connectivity index is 2.73. The highest BCUT2D eigenvalue weighted by Crippen LogP contribution is 2.07. The van der Waals surface area contributed by atoms with Crippen molar-refractivity contribution in [3.63, 3.8) is 0 Å². The third-order valence-corrected chi connectivity index (χ3v) is 1.88. The van der Waals surface area contributed by atoms with E-state index < -0.39 is 0 Å². The molecule has 1 aromatic carbocycles. The first-order valence-electron chi connectivity index (χ1n) is 4.77. The van der Waals surface area contributed by atoms with Crippen molar-refractivity contribution in [1.82, 2.24) is 5.32 Å². The van der Waals surface area contributed by atoms with Gasteiger partial charge in [0.05, 0.1) is 0 Å². The molecule has 0 unspecified atom stereocenters. The molecule has 1 rings (SSSR count). The van der Waals surface area contributed by atoms with Crippen LogP contribution in [0, 0.1) is 0 Å². The van der Waals surface area contributed by atoms with Crippen LogP contribution in [0.1, 0.15) is 24.5 Å². The minimum atomic E-state index is 0.938. The maximum atomic E-state index is 3.14. The fourth-order valence-corrected chi connectivity index (χ4v) is 1.26. The highest BCUT2D eigenvalue weighted by molar-refractivity contribution is 5.50. The molecule has 0 aliphatic rings. The van der Waals surface area contributed by atoms with E-state index >= 15 is 0 Å². The Hall–Kier alpha value is -1.08. The summed E-state index contributed by atoms with van der Waals surface area (Å²) in [5.74, 6) is 0. The third-order valence-electron chi connectivity index (χ3n) is 1.88. The van der Waals surface area contributed by atoms with Crippen LogP contribution in [0.5, 0.6) is 0 Å². The first-order valence-corrected chi connectivity index (χ1v) is 4.77. The molecule has 0 radical (unpaired) electrons. The maximum absolute atomic E-state index is 3.14.